The summed E-state index contributed by atoms with van der Waals surface area (Å²) in [5.41, 5.74) is 0.678. The smallest absolute Gasteiger partial charge is 0.270 e. The predicted molar refractivity (Wildman–Crippen MR) is 109 cm³/mol. The van der Waals surface area contributed by atoms with Crippen molar-refractivity contribution < 1.29 is 24.2 Å². The van der Waals surface area contributed by atoms with Crippen LogP contribution in [0.4, 0.5) is 5.69 Å². The summed E-state index contributed by atoms with van der Waals surface area (Å²) in [6.45, 7) is 0. The molecule has 0 spiro atoms. The summed E-state index contributed by atoms with van der Waals surface area (Å²) in [7, 11) is 2.96. The molecule has 1 heterocycles. The number of hydrogen-bond acceptors (Lipinski definition) is 6. The maximum Gasteiger partial charge on any atom is 0.270 e. The van der Waals surface area contributed by atoms with Crippen LogP contribution < -0.4 is 19.7 Å². The van der Waals surface area contributed by atoms with E-state index >= 15 is 0 Å². The molecule has 9 heteroatoms. The Kier molecular flexibility index (Phi) is 5.53. The quantitative estimate of drug-likeness (QED) is 0.451. The van der Waals surface area contributed by atoms with Crippen LogP contribution in [0.25, 0.3) is 6.08 Å². The van der Waals surface area contributed by atoms with E-state index in [1.165, 1.54) is 43.4 Å². The van der Waals surface area contributed by atoms with Crippen LogP contribution in [0, 0.1) is 0 Å². The lowest BCUT2D eigenvalue weighted by Gasteiger charge is -2.30. The Balaban J connectivity index is 2.05. The lowest BCUT2D eigenvalue weighted by molar-refractivity contribution is -0.122. The Morgan fingerprint density at radius 3 is 2.54 bits per heavy atom. The molecule has 1 aliphatic rings. The summed E-state index contributed by atoms with van der Waals surface area (Å²) in [6, 6.07) is 9.19. The van der Waals surface area contributed by atoms with Gasteiger partial charge in [-0.15, -0.1) is 0 Å². The van der Waals surface area contributed by atoms with E-state index in [-0.39, 0.29) is 21.5 Å². The Hall–Kier alpha value is -3.10. The van der Waals surface area contributed by atoms with E-state index in [1.54, 1.807) is 18.2 Å². The second kappa shape index (κ2) is 7.87. The van der Waals surface area contributed by atoms with Gasteiger partial charge in [0.1, 0.15) is 22.8 Å². The van der Waals surface area contributed by atoms with Gasteiger partial charge in [0.2, 0.25) is 0 Å². The van der Waals surface area contributed by atoms with Gasteiger partial charge in [0.05, 0.1) is 24.9 Å². The van der Waals surface area contributed by atoms with E-state index < -0.39 is 11.8 Å². The first-order valence-corrected chi connectivity index (χ1v) is 8.76. The van der Waals surface area contributed by atoms with Crippen molar-refractivity contribution in [3.05, 3.63) is 52.6 Å². The van der Waals surface area contributed by atoms with Crippen molar-refractivity contribution in [2.45, 2.75) is 0 Å². The lowest BCUT2D eigenvalue weighted by Crippen LogP contribution is -2.54. The maximum atomic E-state index is 13.1. The summed E-state index contributed by atoms with van der Waals surface area (Å²) in [6.07, 6.45) is 1.37. The van der Waals surface area contributed by atoms with Crippen molar-refractivity contribution in [2.24, 2.45) is 0 Å². The number of carbonyl (C=O) groups excluding carboxylic acids is 2. The molecule has 2 aromatic carbocycles. The molecule has 1 aliphatic heterocycles. The van der Waals surface area contributed by atoms with E-state index in [2.05, 4.69) is 5.32 Å². The van der Waals surface area contributed by atoms with Crippen molar-refractivity contribution in [1.29, 1.82) is 0 Å². The Morgan fingerprint density at radius 2 is 1.89 bits per heavy atom. The summed E-state index contributed by atoms with van der Waals surface area (Å²) in [5.74, 6) is -0.480. The number of halogens is 1. The van der Waals surface area contributed by atoms with Gasteiger partial charge in [-0.05, 0) is 48.1 Å². The maximum absolute atomic E-state index is 13.1. The molecule has 3 rings (SSSR count). The zero-order chi connectivity index (χ0) is 20.4. The molecular weight excluding hydrogens is 404 g/mol. The third kappa shape index (κ3) is 3.64. The standard InChI is InChI=1S/C19H15ClN2O5S/c1-26-11-4-5-14(16(9-11)27-2)22-18(25)12(17(24)21-19(22)28)7-10-3-6-15(23)13(20)8-10/h3-9,23H,1-2H3,(H,21,24,28)/b12-7+. The molecule has 0 unspecified atom stereocenters. The van der Waals surface area contributed by atoms with Crippen molar-refractivity contribution >= 4 is 52.5 Å². The number of benzene rings is 2. The van der Waals surface area contributed by atoms with Crippen molar-refractivity contribution in [3.8, 4) is 17.2 Å². The minimum Gasteiger partial charge on any atom is -0.506 e. The molecule has 0 aromatic heterocycles. The molecule has 0 bridgehead atoms. The zero-order valence-corrected chi connectivity index (χ0v) is 16.4. The number of nitrogens with zero attached hydrogens (tertiary/aromatic N) is 1. The number of aromatic hydroxyl groups is 1. The van der Waals surface area contributed by atoms with E-state index in [0.717, 1.165) is 0 Å². The van der Waals surface area contributed by atoms with Gasteiger partial charge in [-0.25, -0.2) is 4.90 Å². The van der Waals surface area contributed by atoms with E-state index in [1.807, 2.05) is 0 Å². The topological polar surface area (TPSA) is 88.1 Å². The van der Waals surface area contributed by atoms with E-state index in [4.69, 9.17) is 33.3 Å². The summed E-state index contributed by atoms with van der Waals surface area (Å²) < 4.78 is 10.5. The molecule has 28 heavy (non-hydrogen) atoms. The summed E-state index contributed by atoms with van der Waals surface area (Å²) in [5, 5.41) is 12.1. The molecule has 144 valence electrons. The number of anilines is 1. The molecule has 0 radical (unpaired) electrons. The van der Waals surface area contributed by atoms with E-state index in [9.17, 15) is 14.7 Å². The second-order valence-corrected chi connectivity index (χ2v) is 6.50. The lowest BCUT2D eigenvalue weighted by atomic mass is 10.1. The van der Waals surface area contributed by atoms with Crippen LogP contribution >= 0.6 is 23.8 Å². The predicted octanol–water partition coefficient (Wildman–Crippen LogP) is 2.89. The van der Waals surface area contributed by atoms with Gasteiger partial charge in [0, 0.05) is 6.07 Å². The fourth-order valence-corrected chi connectivity index (χ4v) is 3.09. The molecule has 2 amide bonds. The third-order valence-electron chi connectivity index (χ3n) is 4.01. The van der Waals surface area contributed by atoms with Gasteiger partial charge in [-0.3, -0.25) is 14.9 Å². The molecule has 0 aliphatic carbocycles. The average Bonchev–Trinajstić information content (AvgIpc) is 2.67. The van der Waals surface area contributed by atoms with Gasteiger partial charge in [0.15, 0.2) is 5.11 Å². The minimum absolute atomic E-state index is 0.0700. The summed E-state index contributed by atoms with van der Waals surface area (Å²) in [4.78, 5) is 26.6. The van der Waals surface area contributed by atoms with Gasteiger partial charge < -0.3 is 14.6 Å². The molecule has 0 atom stereocenters. The number of hydrogen-bond donors (Lipinski definition) is 2. The van der Waals surface area contributed by atoms with Crippen LogP contribution in [0.2, 0.25) is 5.02 Å². The second-order valence-electron chi connectivity index (χ2n) is 5.71. The van der Waals surface area contributed by atoms with Crippen LogP contribution in [0.5, 0.6) is 17.2 Å². The number of amides is 2. The number of carbonyl (C=O) groups is 2. The Bertz CT molecular complexity index is 1020. The summed E-state index contributed by atoms with van der Waals surface area (Å²) >= 11 is 11.1. The van der Waals surface area contributed by atoms with Gasteiger partial charge in [0.25, 0.3) is 11.8 Å². The minimum atomic E-state index is -0.636. The normalized spacial score (nSPS) is 15.6. The highest BCUT2D eigenvalue weighted by molar-refractivity contribution is 7.80. The fourth-order valence-electron chi connectivity index (χ4n) is 2.63. The number of thiocarbonyl (C=S) groups is 1. The first kappa shape index (κ1) is 19.7. The van der Waals surface area contributed by atoms with Crippen LogP contribution in [-0.4, -0.2) is 36.3 Å². The molecule has 2 aromatic rings. The molecule has 1 fully saturated rings. The first-order chi connectivity index (χ1) is 13.3. The molecular formula is C19H15ClN2O5S. The van der Waals surface area contributed by atoms with E-state index in [0.29, 0.717) is 22.7 Å². The Labute approximate surface area is 171 Å². The average molecular weight is 419 g/mol. The van der Waals surface area contributed by atoms with Crippen molar-refractivity contribution in [3.63, 3.8) is 0 Å². The zero-order valence-electron chi connectivity index (χ0n) is 14.9. The number of phenolic OH excluding ortho intramolecular Hbond substituents is 1. The largest absolute Gasteiger partial charge is 0.506 e. The first-order valence-electron chi connectivity index (χ1n) is 7.97. The number of methoxy groups -OCH3 is 2. The Morgan fingerprint density at radius 1 is 1.14 bits per heavy atom. The molecule has 7 nitrogen and oxygen atoms in total. The van der Waals surface area contributed by atoms with Gasteiger partial charge in [-0.2, -0.15) is 0 Å². The number of rotatable bonds is 4. The molecule has 2 N–H and O–H groups in total. The number of ether oxygens (including phenoxy) is 2. The van der Waals surface area contributed by atoms with Gasteiger partial charge in [-0.1, -0.05) is 17.7 Å². The SMILES string of the molecule is COc1ccc(N2C(=O)/C(=C/c3ccc(O)c(Cl)c3)C(=O)NC2=S)c(OC)c1. The van der Waals surface area contributed by atoms with Crippen molar-refractivity contribution in [2.75, 3.05) is 19.1 Å². The number of phenols is 1. The highest BCUT2D eigenvalue weighted by atomic mass is 35.5. The van der Waals surface area contributed by atoms with Crippen LogP contribution in [-0.2, 0) is 9.59 Å². The highest BCUT2D eigenvalue weighted by Crippen LogP contribution is 2.34. The van der Waals surface area contributed by atoms with Gasteiger partial charge >= 0.3 is 0 Å². The molecule has 0 saturated carbocycles. The third-order valence-corrected chi connectivity index (χ3v) is 4.60. The monoisotopic (exact) mass is 418 g/mol. The molecule has 1 saturated heterocycles. The highest BCUT2D eigenvalue weighted by Gasteiger charge is 2.36. The fraction of sp³-hybridized carbons (Fsp3) is 0.105. The number of nitrogens with one attached hydrogen (secondary N) is 1. The van der Waals surface area contributed by atoms with Crippen LogP contribution in [0.3, 0.4) is 0 Å². The van der Waals surface area contributed by atoms with Crippen LogP contribution in [0.15, 0.2) is 42.0 Å². The van der Waals surface area contributed by atoms with Crippen molar-refractivity contribution in [1.82, 2.24) is 5.32 Å². The van der Waals surface area contributed by atoms with Crippen LogP contribution in [0.1, 0.15) is 5.56 Å².